The molecule has 0 fully saturated rings. The Balaban J connectivity index is 4.66. The lowest BCUT2D eigenvalue weighted by Gasteiger charge is -2.24. The molecule has 0 aliphatic carbocycles. The van der Waals surface area contributed by atoms with Crippen molar-refractivity contribution >= 4 is 29.8 Å². The van der Waals surface area contributed by atoms with Gasteiger partial charge in [0.25, 0.3) is 0 Å². The number of carbonyl (C=O) groups excluding carboxylic acids is 4. The van der Waals surface area contributed by atoms with E-state index in [9.17, 15) is 29.1 Å². The highest BCUT2D eigenvalue weighted by Crippen LogP contribution is 2.06. The van der Waals surface area contributed by atoms with Crippen molar-refractivity contribution in [3.8, 4) is 0 Å². The fraction of sp³-hybridized carbons (Fsp3) is 0.706. The zero-order valence-corrected chi connectivity index (χ0v) is 16.4. The van der Waals surface area contributed by atoms with Gasteiger partial charge in [-0.2, -0.15) is 0 Å². The van der Waals surface area contributed by atoms with Crippen molar-refractivity contribution in [2.75, 3.05) is 13.7 Å². The molecular formula is C17H30N4O7. The number of carbonyl (C=O) groups is 5. The highest BCUT2D eigenvalue weighted by molar-refractivity contribution is 5.90. The second-order valence-electron chi connectivity index (χ2n) is 6.55. The van der Waals surface area contributed by atoms with Crippen LogP contribution in [0.2, 0.25) is 0 Å². The number of aliphatic carboxylic acids is 1. The van der Waals surface area contributed by atoms with Gasteiger partial charge in [0.1, 0.15) is 12.1 Å². The third-order valence-corrected chi connectivity index (χ3v) is 3.86. The van der Waals surface area contributed by atoms with Crippen LogP contribution in [0.25, 0.3) is 0 Å². The van der Waals surface area contributed by atoms with Gasteiger partial charge in [0, 0.05) is 19.4 Å². The van der Waals surface area contributed by atoms with Gasteiger partial charge in [0.15, 0.2) is 0 Å². The van der Waals surface area contributed by atoms with Crippen LogP contribution in [0.1, 0.15) is 46.0 Å². The van der Waals surface area contributed by atoms with E-state index in [4.69, 9.17) is 5.73 Å². The van der Waals surface area contributed by atoms with E-state index < -0.39 is 41.9 Å². The summed E-state index contributed by atoms with van der Waals surface area (Å²) in [7, 11) is 1.25. The number of carboxylic acids is 1. The number of rotatable bonds is 13. The van der Waals surface area contributed by atoms with Gasteiger partial charge >= 0.3 is 18.0 Å². The second-order valence-corrected chi connectivity index (χ2v) is 6.55. The van der Waals surface area contributed by atoms with E-state index in [0.29, 0.717) is 6.42 Å². The smallest absolute Gasteiger partial charge is 0.326 e. The summed E-state index contributed by atoms with van der Waals surface area (Å²) in [5.74, 6) is -2.97. The standard InChI is InChI=1S/C17H30N4O7/c1-10(2)14(21-12(22)7-4-8-13(23)28-3)15(24)20-11(16(25)26)6-5-9-19-17(18)27/h10-11,14H,4-9H2,1-3H3,(H,20,24)(H,21,22)(H,25,26)(H3,18,19,27)/t11-,14-/m0/s1. The van der Waals surface area contributed by atoms with Gasteiger partial charge in [0.2, 0.25) is 11.8 Å². The first kappa shape index (κ1) is 25.1. The summed E-state index contributed by atoms with van der Waals surface area (Å²) >= 11 is 0. The van der Waals surface area contributed by atoms with Crippen LogP contribution in [0, 0.1) is 5.92 Å². The van der Waals surface area contributed by atoms with Crippen LogP contribution in [0.15, 0.2) is 0 Å². The molecule has 2 atom stereocenters. The van der Waals surface area contributed by atoms with E-state index in [1.54, 1.807) is 13.8 Å². The van der Waals surface area contributed by atoms with Crippen LogP contribution in [0.3, 0.4) is 0 Å². The number of methoxy groups -OCH3 is 1. The first-order valence-electron chi connectivity index (χ1n) is 9.01. The lowest BCUT2D eigenvalue weighted by atomic mass is 10.0. The molecule has 11 nitrogen and oxygen atoms in total. The highest BCUT2D eigenvalue weighted by atomic mass is 16.5. The quantitative estimate of drug-likeness (QED) is 0.203. The SMILES string of the molecule is COC(=O)CCCC(=O)N[C@H](C(=O)N[C@@H](CCCNC(N)=O)C(=O)O)C(C)C. The summed E-state index contributed by atoms with van der Waals surface area (Å²) in [5.41, 5.74) is 4.93. The number of esters is 1. The zero-order valence-electron chi connectivity index (χ0n) is 16.4. The maximum absolute atomic E-state index is 12.5. The van der Waals surface area contributed by atoms with E-state index in [2.05, 4.69) is 20.7 Å². The van der Waals surface area contributed by atoms with Crippen LogP contribution < -0.4 is 21.7 Å². The molecule has 0 radical (unpaired) electrons. The van der Waals surface area contributed by atoms with Gasteiger partial charge in [-0.3, -0.25) is 14.4 Å². The van der Waals surface area contributed by atoms with E-state index in [-0.39, 0.29) is 38.1 Å². The number of amides is 4. The Morgan fingerprint density at radius 3 is 2.18 bits per heavy atom. The average Bonchev–Trinajstić information content (AvgIpc) is 2.61. The molecule has 0 aliphatic heterocycles. The minimum absolute atomic E-state index is 0.0345. The van der Waals surface area contributed by atoms with Gasteiger partial charge in [-0.15, -0.1) is 0 Å². The number of hydrogen-bond donors (Lipinski definition) is 5. The Bertz CT molecular complexity index is 566. The topological polar surface area (TPSA) is 177 Å². The van der Waals surface area contributed by atoms with Crippen LogP contribution in [-0.2, 0) is 23.9 Å². The molecule has 0 aromatic carbocycles. The molecular weight excluding hydrogens is 372 g/mol. The van der Waals surface area contributed by atoms with E-state index in [1.165, 1.54) is 7.11 Å². The van der Waals surface area contributed by atoms with Crippen molar-refractivity contribution in [3.05, 3.63) is 0 Å². The molecule has 4 amide bonds. The van der Waals surface area contributed by atoms with Crippen molar-refractivity contribution in [3.63, 3.8) is 0 Å². The average molecular weight is 402 g/mol. The summed E-state index contributed by atoms with van der Waals surface area (Å²) in [5, 5.41) is 16.6. The van der Waals surface area contributed by atoms with Crippen LogP contribution >= 0.6 is 0 Å². The van der Waals surface area contributed by atoms with Gasteiger partial charge in [-0.25, -0.2) is 9.59 Å². The maximum Gasteiger partial charge on any atom is 0.326 e. The summed E-state index contributed by atoms with van der Waals surface area (Å²) in [4.78, 5) is 57.5. The number of nitrogens with one attached hydrogen (secondary N) is 3. The molecule has 0 spiro atoms. The Labute approximate surface area is 163 Å². The maximum atomic E-state index is 12.5. The minimum Gasteiger partial charge on any atom is -0.480 e. The first-order valence-corrected chi connectivity index (χ1v) is 9.01. The van der Waals surface area contributed by atoms with E-state index >= 15 is 0 Å². The van der Waals surface area contributed by atoms with Gasteiger partial charge in [-0.1, -0.05) is 13.8 Å². The van der Waals surface area contributed by atoms with E-state index in [1.807, 2.05) is 0 Å². The molecule has 11 heteroatoms. The van der Waals surface area contributed by atoms with Crippen molar-refractivity contribution in [2.45, 2.75) is 58.0 Å². The molecule has 0 rings (SSSR count). The molecule has 6 N–H and O–H groups in total. The number of urea groups is 1. The Morgan fingerprint density at radius 1 is 1.04 bits per heavy atom. The summed E-state index contributed by atoms with van der Waals surface area (Å²) in [6.45, 7) is 3.61. The first-order chi connectivity index (χ1) is 13.1. The molecule has 160 valence electrons. The Morgan fingerprint density at radius 2 is 1.68 bits per heavy atom. The van der Waals surface area contributed by atoms with E-state index in [0.717, 1.165) is 0 Å². The summed E-state index contributed by atoms with van der Waals surface area (Å²) in [6, 6.07) is -2.80. The highest BCUT2D eigenvalue weighted by Gasteiger charge is 2.28. The van der Waals surface area contributed by atoms with Gasteiger partial charge in [0.05, 0.1) is 7.11 Å². The summed E-state index contributed by atoms with van der Waals surface area (Å²) < 4.78 is 4.49. The lowest BCUT2D eigenvalue weighted by molar-refractivity contribution is -0.142. The Kier molecular flexibility index (Phi) is 12.0. The van der Waals surface area contributed by atoms with Crippen LogP contribution in [-0.4, -0.2) is 60.6 Å². The number of carboxylic acid groups (broad SMARTS) is 1. The Hall–Kier alpha value is -2.85. The van der Waals surface area contributed by atoms with Crippen molar-refractivity contribution in [1.82, 2.24) is 16.0 Å². The van der Waals surface area contributed by atoms with Crippen LogP contribution in [0.4, 0.5) is 4.79 Å². The molecule has 28 heavy (non-hydrogen) atoms. The number of primary amides is 1. The third kappa shape index (κ3) is 11.0. The molecule has 0 unspecified atom stereocenters. The number of nitrogens with two attached hydrogens (primary N) is 1. The molecule has 0 bridgehead atoms. The molecule has 0 aromatic rings. The van der Waals surface area contributed by atoms with Crippen LogP contribution in [0.5, 0.6) is 0 Å². The fourth-order valence-corrected chi connectivity index (χ4v) is 2.31. The predicted molar refractivity (Wildman–Crippen MR) is 99.0 cm³/mol. The molecule has 0 saturated carbocycles. The second kappa shape index (κ2) is 13.3. The third-order valence-electron chi connectivity index (χ3n) is 3.86. The molecule has 0 aliphatic rings. The monoisotopic (exact) mass is 402 g/mol. The fourth-order valence-electron chi connectivity index (χ4n) is 2.31. The molecule has 0 aromatic heterocycles. The van der Waals surface area contributed by atoms with Crippen molar-refractivity contribution < 1.29 is 33.8 Å². The van der Waals surface area contributed by atoms with Crippen molar-refractivity contribution in [2.24, 2.45) is 11.7 Å². The normalized spacial score (nSPS) is 12.6. The zero-order chi connectivity index (χ0) is 21.7. The molecule has 0 saturated heterocycles. The van der Waals surface area contributed by atoms with Crippen molar-refractivity contribution in [1.29, 1.82) is 0 Å². The van der Waals surface area contributed by atoms with Gasteiger partial charge in [-0.05, 0) is 25.2 Å². The predicted octanol–water partition coefficient (Wildman–Crippen LogP) is -0.512. The minimum atomic E-state index is -1.22. The van der Waals surface area contributed by atoms with Gasteiger partial charge < -0.3 is 31.5 Å². The number of hydrogen-bond acceptors (Lipinski definition) is 6. The summed E-state index contributed by atoms with van der Waals surface area (Å²) in [6.07, 6.45) is 0.775. The number of ether oxygens (including phenoxy) is 1. The molecule has 0 heterocycles. The lowest BCUT2D eigenvalue weighted by Crippen LogP contribution is -2.53. The largest absolute Gasteiger partial charge is 0.480 e.